The molecule has 0 bridgehead atoms. The van der Waals surface area contributed by atoms with Gasteiger partial charge in [-0.05, 0) is 37.2 Å². The van der Waals surface area contributed by atoms with E-state index in [9.17, 15) is 0 Å². The van der Waals surface area contributed by atoms with E-state index >= 15 is 0 Å². The van der Waals surface area contributed by atoms with E-state index in [1.54, 1.807) is 13.3 Å². The number of benzene rings is 1. The summed E-state index contributed by atoms with van der Waals surface area (Å²) in [5.41, 5.74) is 3.56. The van der Waals surface area contributed by atoms with Gasteiger partial charge in [-0.1, -0.05) is 30.3 Å². The average molecular weight is 309 g/mol. The fraction of sp³-hybridized carbons (Fsp3) is 0.316. The maximum Gasteiger partial charge on any atom is 0.143 e. The van der Waals surface area contributed by atoms with Gasteiger partial charge in [0, 0.05) is 25.4 Å². The number of hydrogen-bond donors (Lipinski definition) is 1. The van der Waals surface area contributed by atoms with Crippen LogP contribution in [-0.2, 0) is 7.05 Å². The lowest BCUT2D eigenvalue weighted by Crippen LogP contribution is -2.13. The number of methoxy groups -OCH3 is 1. The monoisotopic (exact) mass is 309 g/mol. The molecule has 0 aliphatic carbocycles. The van der Waals surface area contributed by atoms with Gasteiger partial charge in [0.05, 0.1) is 12.5 Å². The van der Waals surface area contributed by atoms with Crippen molar-refractivity contribution in [1.29, 1.82) is 0 Å². The number of nitrogens with zero attached hydrogens (tertiary/aromatic N) is 2. The molecule has 1 aromatic carbocycles. The molecule has 1 N–H and O–H groups in total. The maximum atomic E-state index is 5.60. The van der Waals surface area contributed by atoms with Crippen molar-refractivity contribution in [1.82, 2.24) is 14.9 Å². The van der Waals surface area contributed by atoms with Crippen LogP contribution in [0.2, 0.25) is 0 Å². The summed E-state index contributed by atoms with van der Waals surface area (Å²) in [6, 6.07) is 12.6. The Hall–Kier alpha value is -2.33. The predicted molar refractivity (Wildman–Crippen MR) is 94.1 cm³/mol. The van der Waals surface area contributed by atoms with E-state index in [0.717, 1.165) is 29.7 Å². The van der Waals surface area contributed by atoms with Gasteiger partial charge in [-0.3, -0.25) is 0 Å². The number of nitrogens with one attached hydrogen (secondary N) is 1. The number of ether oxygens (including phenoxy) is 1. The van der Waals surface area contributed by atoms with Crippen LogP contribution in [0.25, 0.3) is 11.0 Å². The predicted octanol–water partition coefficient (Wildman–Crippen LogP) is 3.32. The van der Waals surface area contributed by atoms with Crippen molar-refractivity contribution in [3.05, 3.63) is 59.9 Å². The van der Waals surface area contributed by atoms with E-state index in [-0.39, 0.29) is 0 Å². The van der Waals surface area contributed by atoms with E-state index in [0.29, 0.717) is 5.92 Å². The summed E-state index contributed by atoms with van der Waals surface area (Å²) in [5.74, 6) is 1.20. The van der Waals surface area contributed by atoms with E-state index in [2.05, 4.69) is 51.4 Å². The largest absolute Gasteiger partial charge is 0.496 e. The topological polar surface area (TPSA) is 39.1 Å². The molecule has 0 radical (unpaired) electrons. The van der Waals surface area contributed by atoms with Gasteiger partial charge in [0.2, 0.25) is 0 Å². The Bertz CT molecular complexity index is 780. The maximum absolute atomic E-state index is 5.60. The minimum atomic E-state index is 0.311. The van der Waals surface area contributed by atoms with Gasteiger partial charge in [-0.25, -0.2) is 4.98 Å². The van der Waals surface area contributed by atoms with Crippen LogP contribution >= 0.6 is 0 Å². The zero-order valence-corrected chi connectivity index (χ0v) is 13.9. The highest BCUT2D eigenvalue weighted by Gasteiger charge is 2.21. The lowest BCUT2D eigenvalue weighted by Gasteiger charge is -2.17. The molecule has 0 unspecified atom stereocenters. The summed E-state index contributed by atoms with van der Waals surface area (Å²) in [7, 11) is 5.75. The van der Waals surface area contributed by atoms with Gasteiger partial charge < -0.3 is 14.6 Å². The fourth-order valence-electron chi connectivity index (χ4n) is 3.22. The van der Waals surface area contributed by atoms with Crippen LogP contribution in [0.3, 0.4) is 0 Å². The summed E-state index contributed by atoms with van der Waals surface area (Å²) in [5, 5.41) is 4.38. The number of pyridine rings is 1. The molecule has 23 heavy (non-hydrogen) atoms. The molecule has 4 nitrogen and oxygen atoms in total. The number of aromatic nitrogens is 2. The third kappa shape index (κ3) is 2.94. The molecule has 0 aliphatic heterocycles. The van der Waals surface area contributed by atoms with Crippen molar-refractivity contribution in [2.24, 2.45) is 7.05 Å². The quantitative estimate of drug-likeness (QED) is 0.759. The molecular weight excluding hydrogens is 286 g/mol. The smallest absolute Gasteiger partial charge is 0.143 e. The van der Waals surface area contributed by atoms with Crippen molar-refractivity contribution in [3.63, 3.8) is 0 Å². The number of hydrogen-bond acceptors (Lipinski definition) is 3. The minimum Gasteiger partial charge on any atom is -0.496 e. The molecule has 0 aliphatic rings. The fourth-order valence-corrected chi connectivity index (χ4v) is 3.22. The molecule has 0 saturated carbocycles. The standard InChI is InChI=1S/C19H23N3O/c1-20-11-9-15(14-7-5-4-6-8-14)16-13-22(2)19-18(16)17(23-3)10-12-21-19/h4-8,10,12-13,15,20H,9,11H2,1-3H3/t15-/m0/s1. The first-order chi connectivity index (χ1) is 11.3. The highest BCUT2D eigenvalue weighted by atomic mass is 16.5. The van der Waals surface area contributed by atoms with Crippen LogP contribution in [-0.4, -0.2) is 30.3 Å². The Morgan fingerprint density at radius 2 is 2.00 bits per heavy atom. The Labute approximate surface area is 137 Å². The Morgan fingerprint density at radius 3 is 2.70 bits per heavy atom. The summed E-state index contributed by atoms with van der Waals surface area (Å²) in [6.07, 6.45) is 5.02. The molecule has 120 valence electrons. The molecule has 2 aromatic heterocycles. The summed E-state index contributed by atoms with van der Waals surface area (Å²) in [4.78, 5) is 4.53. The zero-order chi connectivity index (χ0) is 16.2. The van der Waals surface area contributed by atoms with Crippen molar-refractivity contribution in [2.45, 2.75) is 12.3 Å². The second kappa shape index (κ2) is 6.84. The SMILES string of the molecule is CNCC[C@@H](c1ccccc1)c1cn(C)c2nccc(OC)c12. The van der Waals surface area contributed by atoms with E-state index in [1.165, 1.54) is 11.1 Å². The van der Waals surface area contributed by atoms with Crippen molar-refractivity contribution in [2.75, 3.05) is 20.7 Å². The first-order valence-electron chi connectivity index (χ1n) is 7.93. The minimum absolute atomic E-state index is 0.311. The van der Waals surface area contributed by atoms with E-state index in [1.807, 2.05) is 20.2 Å². The molecule has 3 rings (SSSR count). The van der Waals surface area contributed by atoms with Gasteiger partial charge in [0.15, 0.2) is 0 Å². The number of aryl methyl sites for hydroxylation is 1. The van der Waals surface area contributed by atoms with Crippen LogP contribution < -0.4 is 10.1 Å². The van der Waals surface area contributed by atoms with Gasteiger partial charge in [0.1, 0.15) is 11.4 Å². The van der Waals surface area contributed by atoms with Crippen molar-refractivity contribution >= 4 is 11.0 Å². The highest BCUT2D eigenvalue weighted by Crippen LogP contribution is 2.37. The third-order valence-electron chi connectivity index (χ3n) is 4.33. The van der Waals surface area contributed by atoms with Gasteiger partial charge in [-0.15, -0.1) is 0 Å². The molecule has 0 fully saturated rings. The van der Waals surface area contributed by atoms with Crippen LogP contribution in [0, 0.1) is 0 Å². The second-order valence-corrected chi connectivity index (χ2v) is 5.76. The average Bonchev–Trinajstić information content (AvgIpc) is 2.93. The summed E-state index contributed by atoms with van der Waals surface area (Å²) >= 11 is 0. The van der Waals surface area contributed by atoms with Gasteiger partial charge in [-0.2, -0.15) is 0 Å². The van der Waals surface area contributed by atoms with Gasteiger partial charge >= 0.3 is 0 Å². The Morgan fingerprint density at radius 1 is 1.22 bits per heavy atom. The Balaban J connectivity index is 2.18. The summed E-state index contributed by atoms with van der Waals surface area (Å²) < 4.78 is 7.69. The third-order valence-corrected chi connectivity index (χ3v) is 4.33. The molecule has 0 amide bonds. The van der Waals surface area contributed by atoms with Crippen molar-refractivity contribution in [3.8, 4) is 5.75 Å². The van der Waals surface area contributed by atoms with E-state index in [4.69, 9.17) is 4.74 Å². The lowest BCUT2D eigenvalue weighted by molar-refractivity contribution is 0.419. The van der Waals surface area contributed by atoms with Crippen LogP contribution in [0.4, 0.5) is 0 Å². The molecule has 2 heterocycles. The first kappa shape index (κ1) is 15.6. The first-order valence-corrected chi connectivity index (χ1v) is 7.93. The van der Waals surface area contributed by atoms with Crippen LogP contribution in [0.5, 0.6) is 5.75 Å². The molecular formula is C19H23N3O. The zero-order valence-electron chi connectivity index (χ0n) is 13.9. The molecule has 4 heteroatoms. The number of fused-ring (bicyclic) bond motifs is 1. The molecule has 0 saturated heterocycles. The van der Waals surface area contributed by atoms with Crippen molar-refractivity contribution < 1.29 is 4.74 Å². The van der Waals surface area contributed by atoms with E-state index < -0.39 is 0 Å². The normalized spacial score (nSPS) is 12.5. The number of rotatable bonds is 6. The summed E-state index contributed by atoms with van der Waals surface area (Å²) in [6.45, 7) is 0.957. The Kier molecular flexibility index (Phi) is 4.63. The molecule has 0 spiro atoms. The molecule has 3 aromatic rings. The lowest BCUT2D eigenvalue weighted by atomic mass is 9.88. The van der Waals surface area contributed by atoms with Crippen LogP contribution in [0.1, 0.15) is 23.5 Å². The van der Waals surface area contributed by atoms with Crippen LogP contribution in [0.15, 0.2) is 48.8 Å². The molecule has 1 atom stereocenters. The van der Waals surface area contributed by atoms with Gasteiger partial charge in [0.25, 0.3) is 0 Å². The highest BCUT2D eigenvalue weighted by molar-refractivity contribution is 5.88. The second-order valence-electron chi connectivity index (χ2n) is 5.76.